The SMILES string of the molecule is CCC(=O)Nc1cccc(C(=O)N2CCN(Cc3csc(-c4ccccc4)n3)CC2)c1. The van der Waals surface area contributed by atoms with Crippen molar-refractivity contribution in [2.24, 2.45) is 0 Å². The number of rotatable bonds is 6. The van der Waals surface area contributed by atoms with Gasteiger partial charge in [-0.15, -0.1) is 11.3 Å². The molecule has 0 saturated carbocycles. The second-order valence-corrected chi connectivity index (χ2v) is 8.42. The van der Waals surface area contributed by atoms with Crippen LogP contribution < -0.4 is 5.32 Å². The number of thiazole rings is 1. The lowest BCUT2D eigenvalue weighted by molar-refractivity contribution is -0.115. The highest BCUT2D eigenvalue weighted by Gasteiger charge is 2.23. The van der Waals surface area contributed by atoms with Gasteiger partial charge in [0.15, 0.2) is 0 Å². The Labute approximate surface area is 186 Å². The molecule has 3 aromatic rings. The minimum Gasteiger partial charge on any atom is -0.336 e. The number of anilines is 1. The van der Waals surface area contributed by atoms with Crippen molar-refractivity contribution in [3.05, 3.63) is 71.2 Å². The van der Waals surface area contributed by atoms with E-state index in [4.69, 9.17) is 4.98 Å². The fourth-order valence-corrected chi connectivity index (χ4v) is 4.41. The third-order valence-corrected chi connectivity index (χ3v) is 6.27. The van der Waals surface area contributed by atoms with Gasteiger partial charge in [0.05, 0.1) is 5.69 Å². The van der Waals surface area contributed by atoms with Crippen LogP contribution in [0.3, 0.4) is 0 Å². The van der Waals surface area contributed by atoms with Crippen LogP contribution in [0.15, 0.2) is 60.0 Å². The van der Waals surface area contributed by atoms with E-state index >= 15 is 0 Å². The monoisotopic (exact) mass is 434 g/mol. The quantitative estimate of drug-likeness (QED) is 0.634. The first kappa shape index (κ1) is 21.2. The number of nitrogens with zero attached hydrogens (tertiary/aromatic N) is 3. The molecule has 0 spiro atoms. The molecule has 2 amide bonds. The molecule has 0 radical (unpaired) electrons. The minimum absolute atomic E-state index is 0.00673. The van der Waals surface area contributed by atoms with Crippen LogP contribution in [0.25, 0.3) is 10.6 Å². The van der Waals surface area contributed by atoms with Crippen molar-refractivity contribution >= 4 is 28.8 Å². The van der Waals surface area contributed by atoms with Crippen molar-refractivity contribution in [1.29, 1.82) is 0 Å². The highest BCUT2D eigenvalue weighted by Crippen LogP contribution is 2.24. The van der Waals surface area contributed by atoms with E-state index in [1.165, 1.54) is 0 Å². The summed E-state index contributed by atoms with van der Waals surface area (Å²) in [5.41, 5.74) is 3.48. The topological polar surface area (TPSA) is 65.5 Å². The molecular weight excluding hydrogens is 408 g/mol. The maximum atomic E-state index is 12.9. The zero-order valence-electron chi connectivity index (χ0n) is 17.6. The summed E-state index contributed by atoms with van der Waals surface area (Å²) < 4.78 is 0. The number of hydrogen-bond donors (Lipinski definition) is 1. The highest BCUT2D eigenvalue weighted by molar-refractivity contribution is 7.13. The standard InChI is InChI=1S/C24H26N4O2S/c1-2-22(29)25-20-10-6-9-19(15-20)24(30)28-13-11-27(12-14-28)16-21-17-31-23(26-21)18-7-4-3-5-8-18/h3-10,15,17H,2,11-14,16H2,1H3,(H,25,29). The minimum atomic E-state index is -0.0596. The van der Waals surface area contributed by atoms with E-state index in [1.807, 2.05) is 23.1 Å². The van der Waals surface area contributed by atoms with E-state index < -0.39 is 0 Å². The summed E-state index contributed by atoms with van der Waals surface area (Å²) in [5.74, 6) is -0.0528. The summed E-state index contributed by atoms with van der Waals surface area (Å²) in [6.45, 7) is 5.59. The number of carbonyl (C=O) groups excluding carboxylic acids is 2. The predicted molar refractivity (Wildman–Crippen MR) is 124 cm³/mol. The van der Waals surface area contributed by atoms with Gasteiger partial charge in [0.2, 0.25) is 5.91 Å². The number of hydrogen-bond acceptors (Lipinski definition) is 5. The molecule has 7 heteroatoms. The lowest BCUT2D eigenvalue weighted by Gasteiger charge is -2.34. The maximum Gasteiger partial charge on any atom is 0.254 e. The number of carbonyl (C=O) groups is 2. The number of piperazine rings is 1. The van der Waals surface area contributed by atoms with Gasteiger partial charge in [-0.2, -0.15) is 0 Å². The van der Waals surface area contributed by atoms with Crippen molar-refractivity contribution in [2.45, 2.75) is 19.9 Å². The zero-order chi connectivity index (χ0) is 21.6. The molecule has 1 aliphatic heterocycles. The van der Waals surface area contributed by atoms with Gasteiger partial charge in [-0.3, -0.25) is 14.5 Å². The average Bonchev–Trinajstić information content (AvgIpc) is 3.28. The Bertz CT molecular complexity index is 1040. The number of aromatic nitrogens is 1. The van der Waals surface area contributed by atoms with Gasteiger partial charge in [-0.1, -0.05) is 43.3 Å². The molecule has 0 unspecified atom stereocenters. The molecule has 1 saturated heterocycles. The van der Waals surface area contributed by atoms with Gasteiger partial charge in [-0.25, -0.2) is 4.98 Å². The highest BCUT2D eigenvalue weighted by atomic mass is 32.1. The fourth-order valence-electron chi connectivity index (χ4n) is 3.59. The Kier molecular flexibility index (Phi) is 6.74. The Morgan fingerprint density at radius 3 is 2.55 bits per heavy atom. The van der Waals surface area contributed by atoms with E-state index in [1.54, 1.807) is 42.5 Å². The van der Waals surface area contributed by atoms with E-state index in [0.717, 1.165) is 35.9 Å². The van der Waals surface area contributed by atoms with E-state index in [-0.39, 0.29) is 11.8 Å². The van der Waals surface area contributed by atoms with Gasteiger partial charge in [0.25, 0.3) is 5.91 Å². The van der Waals surface area contributed by atoms with Crippen LogP contribution in [-0.2, 0) is 11.3 Å². The van der Waals surface area contributed by atoms with Crippen LogP contribution in [0, 0.1) is 0 Å². The summed E-state index contributed by atoms with van der Waals surface area (Å²) in [6.07, 6.45) is 0.409. The Hall–Kier alpha value is -3.03. The number of benzene rings is 2. The molecule has 0 bridgehead atoms. The molecule has 0 atom stereocenters. The van der Waals surface area contributed by atoms with Gasteiger partial charge in [0.1, 0.15) is 5.01 Å². The van der Waals surface area contributed by atoms with Gasteiger partial charge < -0.3 is 10.2 Å². The second kappa shape index (κ2) is 9.85. The van der Waals surface area contributed by atoms with E-state index in [9.17, 15) is 9.59 Å². The summed E-state index contributed by atoms with van der Waals surface area (Å²) in [6, 6.07) is 17.4. The molecule has 31 heavy (non-hydrogen) atoms. The van der Waals surface area contributed by atoms with E-state index in [2.05, 4.69) is 27.7 Å². The molecule has 1 fully saturated rings. The second-order valence-electron chi connectivity index (χ2n) is 7.56. The summed E-state index contributed by atoms with van der Waals surface area (Å²) in [7, 11) is 0. The van der Waals surface area contributed by atoms with Crippen LogP contribution in [-0.4, -0.2) is 52.8 Å². The van der Waals surface area contributed by atoms with E-state index in [0.29, 0.717) is 30.8 Å². The molecule has 0 aliphatic carbocycles. The third kappa shape index (κ3) is 5.37. The normalized spacial score (nSPS) is 14.4. The van der Waals surface area contributed by atoms with Crippen LogP contribution >= 0.6 is 11.3 Å². The molecular formula is C24H26N4O2S. The van der Waals surface area contributed by atoms with Crippen LogP contribution in [0.4, 0.5) is 5.69 Å². The summed E-state index contributed by atoms with van der Waals surface area (Å²) in [5, 5.41) is 5.98. The molecule has 1 aromatic heterocycles. The van der Waals surface area contributed by atoms with Crippen molar-refractivity contribution in [2.75, 3.05) is 31.5 Å². The maximum absolute atomic E-state index is 12.9. The van der Waals surface area contributed by atoms with Crippen LogP contribution in [0.2, 0.25) is 0 Å². The fraction of sp³-hybridized carbons (Fsp3) is 0.292. The third-order valence-electron chi connectivity index (χ3n) is 5.33. The first-order chi connectivity index (χ1) is 15.1. The average molecular weight is 435 g/mol. The van der Waals surface area contributed by atoms with Gasteiger partial charge in [0, 0.05) is 61.3 Å². The molecule has 160 valence electrons. The van der Waals surface area contributed by atoms with Crippen molar-refractivity contribution in [1.82, 2.24) is 14.8 Å². The first-order valence-corrected chi connectivity index (χ1v) is 11.4. The Morgan fingerprint density at radius 2 is 1.81 bits per heavy atom. The number of amides is 2. The molecule has 1 N–H and O–H groups in total. The lowest BCUT2D eigenvalue weighted by Crippen LogP contribution is -2.48. The lowest BCUT2D eigenvalue weighted by atomic mass is 10.1. The largest absolute Gasteiger partial charge is 0.336 e. The molecule has 4 rings (SSSR count). The van der Waals surface area contributed by atoms with Crippen LogP contribution in [0.1, 0.15) is 29.4 Å². The Morgan fingerprint density at radius 1 is 1.03 bits per heavy atom. The Balaban J connectivity index is 1.32. The molecule has 6 nitrogen and oxygen atoms in total. The zero-order valence-corrected chi connectivity index (χ0v) is 18.4. The molecule has 2 aromatic carbocycles. The van der Waals surface area contributed by atoms with Gasteiger partial charge in [-0.05, 0) is 18.2 Å². The summed E-state index contributed by atoms with van der Waals surface area (Å²) >= 11 is 1.67. The molecule has 2 heterocycles. The van der Waals surface area contributed by atoms with Crippen LogP contribution in [0.5, 0.6) is 0 Å². The van der Waals surface area contributed by atoms with Crippen molar-refractivity contribution in [3.8, 4) is 10.6 Å². The first-order valence-electron chi connectivity index (χ1n) is 10.5. The predicted octanol–water partition coefficient (Wildman–Crippen LogP) is 4.12. The summed E-state index contributed by atoms with van der Waals surface area (Å²) in [4.78, 5) is 33.5. The smallest absolute Gasteiger partial charge is 0.254 e. The molecule has 1 aliphatic rings. The van der Waals surface area contributed by atoms with Crippen molar-refractivity contribution in [3.63, 3.8) is 0 Å². The van der Waals surface area contributed by atoms with Crippen molar-refractivity contribution < 1.29 is 9.59 Å². The number of nitrogens with one attached hydrogen (secondary N) is 1. The van der Waals surface area contributed by atoms with Gasteiger partial charge >= 0.3 is 0 Å².